The fraction of sp³-hybridized carbons (Fsp3) is 0.297. The van der Waals surface area contributed by atoms with Crippen LogP contribution in [0, 0.1) is 13.8 Å². The molecule has 0 unspecified atom stereocenters. The molecule has 17 heteroatoms. The zero-order valence-electron chi connectivity index (χ0n) is 31.1. The molecule has 4 aromatic heterocycles. The molecular weight excluding hydrogens is 694 g/mol. The molecule has 6 aromatic rings. The van der Waals surface area contributed by atoms with Gasteiger partial charge < -0.3 is 28.9 Å². The predicted octanol–water partition coefficient (Wildman–Crippen LogP) is 3.56. The van der Waals surface area contributed by atoms with Gasteiger partial charge in [-0.1, -0.05) is 12.2 Å². The number of rotatable bonds is 13. The Morgan fingerprint density at radius 3 is 2.07 bits per heavy atom. The summed E-state index contributed by atoms with van der Waals surface area (Å²) in [4.78, 5) is 60.4. The summed E-state index contributed by atoms with van der Waals surface area (Å²) in [6, 6.07) is 9.78. The first kappa shape index (κ1) is 37.0. The maximum atomic E-state index is 13.6. The van der Waals surface area contributed by atoms with Gasteiger partial charge in [0, 0.05) is 44.4 Å². The zero-order valence-corrected chi connectivity index (χ0v) is 31.1. The van der Waals surface area contributed by atoms with E-state index in [1.165, 1.54) is 14.2 Å². The summed E-state index contributed by atoms with van der Waals surface area (Å²) in [5.74, 6) is -0.564. The molecule has 0 aliphatic rings. The number of amides is 3. The maximum absolute atomic E-state index is 13.6. The highest BCUT2D eigenvalue weighted by Crippen LogP contribution is 2.31. The number of nitrogens with one attached hydrogen (secondary N) is 1. The molecule has 3 amide bonds. The van der Waals surface area contributed by atoms with E-state index in [9.17, 15) is 19.2 Å². The van der Waals surface area contributed by atoms with Crippen molar-refractivity contribution in [2.24, 2.45) is 17.8 Å². The van der Waals surface area contributed by atoms with Crippen LogP contribution >= 0.6 is 0 Å². The van der Waals surface area contributed by atoms with Crippen molar-refractivity contribution in [1.29, 1.82) is 0 Å². The van der Waals surface area contributed by atoms with Gasteiger partial charge in [-0.2, -0.15) is 15.2 Å². The first-order valence-electron chi connectivity index (χ1n) is 17.2. The summed E-state index contributed by atoms with van der Waals surface area (Å²) in [5.41, 5.74) is 10.8. The summed E-state index contributed by atoms with van der Waals surface area (Å²) in [6.45, 7) is 8.79. The van der Waals surface area contributed by atoms with E-state index in [1.54, 1.807) is 73.4 Å². The summed E-state index contributed by atoms with van der Waals surface area (Å²) >= 11 is 0. The Bertz CT molecular complexity index is 2560. The Morgan fingerprint density at radius 2 is 1.46 bits per heavy atom. The van der Waals surface area contributed by atoms with Crippen LogP contribution in [0.4, 0.5) is 5.95 Å². The number of aryl methyl sites for hydroxylation is 5. The lowest BCUT2D eigenvalue weighted by Gasteiger charge is -2.11. The van der Waals surface area contributed by atoms with Crippen LogP contribution in [0.1, 0.15) is 66.9 Å². The largest absolute Gasteiger partial charge is 0.494 e. The van der Waals surface area contributed by atoms with Gasteiger partial charge >= 0.3 is 0 Å². The van der Waals surface area contributed by atoms with Crippen molar-refractivity contribution in [1.82, 2.24) is 38.2 Å². The van der Waals surface area contributed by atoms with Crippen LogP contribution in [0.5, 0.6) is 11.5 Å². The number of aldehydes is 1. The standard InChI is InChI=1S/C37H41N11O6/c1-8-47-27(14-21(3)42-47)34(51)40-36-39-25-16-23(20-49)17-29(53-6)31(25)45(36)12-10-11-13-46-32-26(18-24(33(38)50)19-30(32)54-7)44(5)37(46)41-35(52)28-15-22(4)43-48(28)9-2/h10-11,14-20H,8-9,12-13H2,1-7H3,(H2,38,50)(H,39,40,51)/b11-10+,41-37+. The highest BCUT2D eigenvalue weighted by atomic mass is 16.5. The molecule has 2 aromatic carbocycles. The van der Waals surface area contributed by atoms with Crippen LogP contribution in [0.15, 0.2) is 53.5 Å². The number of primary amides is 1. The van der Waals surface area contributed by atoms with Gasteiger partial charge in [-0.25, -0.2) is 4.98 Å². The predicted molar refractivity (Wildman–Crippen MR) is 200 cm³/mol. The van der Waals surface area contributed by atoms with Crippen LogP contribution in [0.25, 0.3) is 22.1 Å². The monoisotopic (exact) mass is 735 g/mol. The number of hydrogen-bond acceptors (Lipinski definition) is 9. The topological polar surface area (TPSA) is 200 Å². The van der Waals surface area contributed by atoms with Gasteiger partial charge in [0.05, 0.1) is 36.6 Å². The molecule has 54 heavy (non-hydrogen) atoms. The molecule has 0 spiro atoms. The molecule has 0 bridgehead atoms. The Labute approximate surface area is 309 Å². The molecule has 4 heterocycles. The van der Waals surface area contributed by atoms with E-state index in [1.807, 2.05) is 32.9 Å². The van der Waals surface area contributed by atoms with Crippen molar-refractivity contribution in [3.63, 3.8) is 0 Å². The molecule has 0 saturated carbocycles. The normalized spacial score (nSPS) is 11.9. The zero-order chi connectivity index (χ0) is 38.8. The van der Waals surface area contributed by atoms with E-state index in [0.29, 0.717) is 81.3 Å². The van der Waals surface area contributed by atoms with Crippen LogP contribution in [0.3, 0.4) is 0 Å². The fourth-order valence-corrected chi connectivity index (χ4v) is 6.46. The minimum Gasteiger partial charge on any atom is -0.494 e. The smallest absolute Gasteiger partial charge is 0.298 e. The van der Waals surface area contributed by atoms with Gasteiger partial charge in [-0.3, -0.25) is 33.9 Å². The Balaban J connectivity index is 1.44. The van der Waals surface area contributed by atoms with Gasteiger partial charge in [0.2, 0.25) is 17.5 Å². The Morgan fingerprint density at radius 1 is 0.852 bits per heavy atom. The molecule has 0 aliphatic heterocycles. The Kier molecular flexibility index (Phi) is 10.3. The molecule has 3 N–H and O–H groups in total. The number of aromatic nitrogens is 8. The Hall–Kier alpha value is -6.78. The molecule has 6 rings (SSSR count). The number of hydrogen-bond donors (Lipinski definition) is 2. The number of anilines is 1. The summed E-state index contributed by atoms with van der Waals surface area (Å²) in [7, 11) is 4.71. The number of methoxy groups -OCH3 is 2. The number of ether oxygens (including phenoxy) is 2. The van der Waals surface area contributed by atoms with Gasteiger partial charge in [0.25, 0.3) is 11.8 Å². The molecule has 0 fully saturated rings. The molecule has 17 nitrogen and oxygen atoms in total. The third kappa shape index (κ3) is 6.78. The van der Waals surface area contributed by atoms with Crippen LogP contribution in [-0.4, -0.2) is 76.5 Å². The number of imidazole rings is 2. The number of nitrogens with zero attached hydrogens (tertiary/aromatic N) is 9. The van der Waals surface area contributed by atoms with Crippen molar-refractivity contribution in [3.05, 3.63) is 88.1 Å². The second kappa shape index (κ2) is 15.1. The van der Waals surface area contributed by atoms with E-state index < -0.39 is 17.7 Å². The van der Waals surface area contributed by atoms with Gasteiger partial charge in [-0.05, 0) is 64.1 Å². The van der Waals surface area contributed by atoms with Gasteiger partial charge in [0.15, 0.2) is 0 Å². The minimum atomic E-state index is -0.639. The average molecular weight is 736 g/mol. The van der Waals surface area contributed by atoms with Gasteiger partial charge in [0.1, 0.15) is 40.2 Å². The summed E-state index contributed by atoms with van der Waals surface area (Å²) in [5, 5.41) is 11.7. The van der Waals surface area contributed by atoms with E-state index in [4.69, 9.17) is 15.2 Å². The number of carbonyl (C=O) groups excluding carboxylic acids is 4. The van der Waals surface area contributed by atoms with Crippen molar-refractivity contribution in [2.45, 2.75) is 53.9 Å². The van der Waals surface area contributed by atoms with Crippen molar-refractivity contribution in [3.8, 4) is 11.5 Å². The summed E-state index contributed by atoms with van der Waals surface area (Å²) < 4.78 is 19.8. The number of benzene rings is 2. The SMILES string of the molecule is CCn1nc(C)cc1C(=O)/N=c1\n(C)c2cc(C(N)=O)cc(OC)c2n1C/C=C/Cn1c(NC(=O)c2cc(C)nn2CC)nc2cc(C=O)cc(OC)c21. The molecule has 0 saturated heterocycles. The first-order valence-corrected chi connectivity index (χ1v) is 17.2. The van der Waals surface area contributed by atoms with Crippen molar-refractivity contribution >= 4 is 52.0 Å². The third-order valence-corrected chi connectivity index (χ3v) is 8.94. The highest BCUT2D eigenvalue weighted by molar-refractivity contribution is 6.03. The fourth-order valence-electron chi connectivity index (χ4n) is 6.46. The van der Waals surface area contributed by atoms with Crippen molar-refractivity contribution < 1.29 is 28.7 Å². The molecular formula is C37H41N11O6. The quantitative estimate of drug-likeness (QED) is 0.131. The van der Waals surface area contributed by atoms with Crippen LogP contribution in [-0.2, 0) is 33.2 Å². The second-order valence-corrected chi connectivity index (χ2v) is 12.5. The van der Waals surface area contributed by atoms with Gasteiger partial charge in [-0.15, -0.1) is 0 Å². The number of carbonyl (C=O) groups is 4. The number of allylic oxidation sites excluding steroid dienone is 2. The molecule has 280 valence electrons. The average Bonchev–Trinajstić information content (AvgIpc) is 3.91. The number of nitrogens with two attached hydrogens (primary N) is 1. The lowest BCUT2D eigenvalue weighted by Crippen LogP contribution is -2.26. The van der Waals surface area contributed by atoms with Crippen LogP contribution in [0.2, 0.25) is 0 Å². The summed E-state index contributed by atoms with van der Waals surface area (Å²) in [6.07, 6.45) is 4.43. The van der Waals surface area contributed by atoms with E-state index in [0.717, 1.165) is 0 Å². The van der Waals surface area contributed by atoms with Crippen LogP contribution < -0.4 is 26.1 Å². The van der Waals surface area contributed by atoms with E-state index >= 15 is 0 Å². The maximum Gasteiger partial charge on any atom is 0.298 e. The molecule has 0 atom stereocenters. The van der Waals surface area contributed by atoms with E-state index in [-0.39, 0.29) is 30.2 Å². The molecule has 0 radical (unpaired) electrons. The molecule has 0 aliphatic carbocycles. The highest BCUT2D eigenvalue weighted by Gasteiger charge is 2.22. The minimum absolute atomic E-state index is 0.206. The first-order chi connectivity index (χ1) is 25.9. The number of fused-ring (bicyclic) bond motifs is 2. The second-order valence-electron chi connectivity index (χ2n) is 12.5. The lowest BCUT2D eigenvalue weighted by molar-refractivity contribution is 0.0981. The van der Waals surface area contributed by atoms with E-state index in [2.05, 4.69) is 25.5 Å². The third-order valence-electron chi connectivity index (χ3n) is 8.94. The van der Waals surface area contributed by atoms with Crippen molar-refractivity contribution in [2.75, 3.05) is 19.5 Å². The lowest BCUT2D eigenvalue weighted by atomic mass is 10.1.